The van der Waals surface area contributed by atoms with E-state index in [2.05, 4.69) is 67.6 Å². The summed E-state index contributed by atoms with van der Waals surface area (Å²) in [7, 11) is 0. The molecule has 23 heavy (non-hydrogen) atoms. The van der Waals surface area contributed by atoms with E-state index < -0.39 is 0 Å². The first-order valence-corrected chi connectivity index (χ1v) is 8.06. The highest BCUT2D eigenvalue weighted by atomic mass is 15.1. The fourth-order valence-electron chi connectivity index (χ4n) is 2.87. The Hall–Kier alpha value is -2.48. The highest BCUT2D eigenvalue weighted by molar-refractivity contribution is 5.77. The number of nitrogens with zero attached hydrogens (tertiary/aromatic N) is 1. The average molecular weight is 306 g/mol. The van der Waals surface area contributed by atoms with Gasteiger partial charge in [-0.2, -0.15) is 0 Å². The maximum atomic E-state index is 3.75. The fraction of sp³-hybridized carbons (Fsp3) is 0.238. The number of anilines is 1. The van der Waals surface area contributed by atoms with Gasteiger partial charge in [0.25, 0.3) is 0 Å². The minimum absolute atomic E-state index is 0.935. The molecule has 1 aromatic carbocycles. The molecular formula is C21H26N2. The van der Waals surface area contributed by atoms with Crippen LogP contribution in [0, 0.1) is 0 Å². The summed E-state index contributed by atoms with van der Waals surface area (Å²) in [5, 5.41) is 3.06. The summed E-state index contributed by atoms with van der Waals surface area (Å²) >= 11 is 0. The van der Waals surface area contributed by atoms with Crippen molar-refractivity contribution in [2.45, 2.75) is 20.3 Å². The quantitative estimate of drug-likeness (QED) is 0.726. The minimum Gasteiger partial charge on any atom is -0.368 e. The Morgan fingerprint density at radius 2 is 2.17 bits per heavy atom. The van der Waals surface area contributed by atoms with E-state index in [1.54, 1.807) is 6.20 Å². The molecule has 0 unspecified atom stereocenters. The molecular weight excluding hydrogens is 280 g/mol. The molecule has 1 aromatic rings. The topological polar surface area (TPSA) is 15.3 Å². The van der Waals surface area contributed by atoms with Crippen molar-refractivity contribution in [2.24, 2.45) is 0 Å². The van der Waals surface area contributed by atoms with Crippen molar-refractivity contribution in [1.82, 2.24) is 5.32 Å². The summed E-state index contributed by atoms with van der Waals surface area (Å²) in [6.07, 6.45) is 12.9. The Kier molecular flexibility index (Phi) is 6.04. The molecule has 1 aliphatic rings. The van der Waals surface area contributed by atoms with E-state index >= 15 is 0 Å². The van der Waals surface area contributed by atoms with Crippen LogP contribution < -0.4 is 10.2 Å². The molecule has 0 atom stereocenters. The molecule has 0 spiro atoms. The van der Waals surface area contributed by atoms with E-state index in [0.717, 1.165) is 19.5 Å². The lowest BCUT2D eigenvalue weighted by atomic mass is 10.0. The summed E-state index contributed by atoms with van der Waals surface area (Å²) in [6.45, 7) is 13.6. The Morgan fingerprint density at radius 1 is 1.35 bits per heavy atom. The van der Waals surface area contributed by atoms with Crippen molar-refractivity contribution in [3.63, 3.8) is 0 Å². The third-order valence-electron chi connectivity index (χ3n) is 4.02. The number of rotatable bonds is 7. The van der Waals surface area contributed by atoms with Crippen LogP contribution in [0.15, 0.2) is 73.6 Å². The largest absolute Gasteiger partial charge is 0.368 e. The van der Waals surface area contributed by atoms with Gasteiger partial charge in [-0.3, -0.25) is 0 Å². The summed E-state index contributed by atoms with van der Waals surface area (Å²) in [5.41, 5.74) is 6.55. The first-order valence-electron chi connectivity index (χ1n) is 8.06. The number of hydrogen-bond acceptors (Lipinski definition) is 2. The highest BCUT2D eigenvalue weighted by Crippen LogP contribution is 2.32. The molecule has 0 bridgehead atoms. The standard InChI is InChI=1S/C21H26N2/c1-5-8-9-18(6-2)20-11-10-19-12-13-23(21(19)14-20)16-17(4)15-22-7-3/h5-11,14-15,22H,1,3,12-13,16H2,2,4H3/b9-8-,17-15+,18-6+. The van der Waals surface area contributed by atoms with Crippen LogP contribution in [0.1, 0.15) is 25.0 Å². The molecule has 0 aromatic heterocycles. The van der Waals surface area contributed by atoms with Gasteiger partial charge >= 0.3 is 0 Å². The zero-order chi connectivity index (χ0) is 16.7. The van der Waals surface area contributed by atoms with Crippen LogP contribution in [0.3, 0.4) is 0 Å². The van der Waals surface area contributed by atoms with E-state index in [4.69, 9.17) is 0 Å². The maximum Gasteiger partial charge on any atom is 0.0408 e. The maximum absolute atomic E-state index is 3.75. The van der Waals surface area contributed by atoms with Crippen molar-refractivity contribution < 1.29 is 0 Å². The van der Waals surface area contributed by atoms with Gasteiger partial charge in [0.05, 0.1) is 0 Å². The molecule has 0 radical (unpaired) electrons. The van der Waals surface area contributed by atoms with Crippen LogP contribution in [-0.4, -0.2) is 13.1 Å². The van der Waals surface area contributed by atoms with Gasteiger partial charge < -0.3 is 10.2 Å². The van der Waals surface area contributed by atoms with E-state index in [0.29, 0.717) is 0 Å². The third kappa shape index (κ3) is 4.26. The second kappa shape index (κ2) is 8.23. The predicted molar refractivity (Wildman–Crippen MR) is 102 cm³/mol. The lowest BCUT2D eigenvalue weighted by molar-refractivity contribution is 0.873. The minimum atomic E-state index is 0.935. The summed E-state index contributed by atoms with van der Waals surface area (Å²) in [4.78, 5) is 2.44. The van der Waals surface area contributed by atoms with Crippen LogP contribution >= 0.6 is 0 Å². The molecule has 0 fully saturated rings. The lowest BCUT2D eigenvalue weighted by Gasteiger charge is -2.20. The van der Waals surface area contributed by atoms with Crippen LogP contribution in [0.2, 0.25) is 0 Å². The van der Waals surface area contributed by atoms with Crippen LogP contribution in [0.5, 0.6) is 0 Å². The van der Waals surface area contributed by atoms with Crippen molar-refractivity contribution in [1.29, 1.82) is 0 Å². The lowest BCUT2D eigenvalue weighted by Crippen LogP contribution is -2.23. The van der Waals surface area contributed by atoms with E-state index in [9.17, 15) is 0 Å². The van der Waals surface area contributed by atoms with Gasteiger partial charge in [0.2, 0.25) is 0 Å². The average Bonchev–Trinajstić information content (AvgIpc) is 2.96. The zero-order valence-corrected chi connectivity index (χ0v) is 14.2. The molecule has 1 N–H and O–H groups in total. The van der Waals surface area contributed by atoms with Crippen molar-refractivity contribution in [2.75, 3.05) is 18.0 Å². The van der Waals surface area contributed by atoms with Gasteiger partial charge in [0.1, 0.15) is 0 Å². The van der Waals surface area contributed by atoms with Gasteiger partial charge in [0.15, 0.2) is 0 Å². The number of nitrogens with one attached hydrogen (secondary N) is 1. The highest BCUT2D eigenvalue weighted by Gasteiger charge is 2.19. The third-order valence-corrected chi connectivity index (χ3v) is 4.02. The molecule has 0 aliphatic carbocycles. The van der Waals surface area contributed by atoms with Crippen molar-refractivity contribution >= 4 is 11.3 Å². The Morgan fingerprint density at radius 3 is 2.87 bits per heavy atom. The molecule has 120 valence electrons. The Labute approximate surface area is 140 Å². The first kappa shape index (κ1) is 16.9. The number of hydrogen-bond donors (Lipinski definition) is 1. The zero-order valence-electron chi connectivity index (χ0n) is 14.2. The molecule has 1 aliphatic heterocycles. The molecule has 0 saturated heterocycles. The molecule has 0 saturated carbocycles. The summed E-state index contributed by atoms with van der Waals surface area (Å²) in [5.74, 6) is 0. The summed E-state index contributed by atoms with van der Waals surface area (Å²) in [6, 6.07) is 6.78. The smallest absolute Gasteiger partial charge is 0.0408 e. The van der Waals surface area contributed by atoms with Crippen LogP contribution in [-0.2, 0) is 6.42 Å². The second-order valence-corrected chi connectivity index (χ2v) is 5.72. The van der Waals surface area contributed by atoms with Gasteiger partial charge in [-0.25, -0.2) is 0 Å². The molecule has 1 heterocycles. The monoisotopic (exact) mass is 306 g/mol. The number of fused-ring (bicyclic) bond motifs is 1. The normalized spacial score (nSPS) is 15.0. The van der Waals surface area contributed by atoms with Gasteiger partial charge in [0, 0.05) is 25.0 Å². The van der Waals surface area contributed by atoms with E-state index in [1.165, 1.54) is 28.0 Å². The SMILES string of the molecule is C=C/C=C\C(=C/C)c1ccc2c(c1)N(C/C(C)=C/NC=C)CC2. The fourth-order valence-corrected chi connectivity index (χ4v) is 2.87. The van der Waals surface area contributed by atoms with E-state index in [1.807, 2.05) is 18.4 Å². The van der Waals surface area contributed by atoms with Crippen LogP contribution in [0.25, 0.3) is 5.57 Å². The second-order valence-electron chi connectivity index (χ2n) is 5.72. The number of allylic oxidation sites excluding steroid dienone is 5. The molecule has 2 rings (SSSR count). The Bertz CT molecular complexity index is 662. The number of benzene rings is 1. The summed E-state index contributed by atoms with van der Waals surface area (Å²) < 4.78 is 0. The van der Waals surface area contributed by atoms with Crippen LogP contribution in [0.4, 0.5) is 5.69 Å². The Balaban J connectivity index is 2.24. The van der Waals surface area contributed by atoms with Gasteiger partial charge in [-0.1, -0.05) is 49.6 Å². The molecule has 0 amide bonds. The van der Waals surface area contributed by atoms with Gasteiger partial charge in [-0.15, -0.1) is 0 Å². The molecule has 2 heteroatoms. The predicted octanol–water partition coefficient (Wildman–Crippen LogP) is 4.83. The van der Waals surface area contributed by atoms with E-state index in [-0.39, 0.29) is 0 Å². The first-order chi connectivity index (χ1) is 11.2. The van der Waals surface area contributed by atoms with Crippen molar-refractivity contribution in [3.8, 4) is 0 Å². The van der Waals surface area contributed by atoms with Gasteiger partial charge in [-0.05, 0) is 54.8 Å². The van der Waals surface area contributed by atoms with Crippen molar-refractivity contribution in [3.05, 3.63) is 84.8 Å². The molecule has 2 nitrogen and oxygen atoms in total.